The molecule has 240 valence electrons. The van der Waals surface area contributed by atoms with Crippen molar-refractivity contribution >= 4 is 30.8 Å². The van der Waals surface area contributed by atoms with Crippen molar-refractivity contribution in [1.82, 2.24) is 4.90 Å². The number of amides is 2. The summed E-state index contributed by atoms with van der Waals surface area (Å²) in [4.78, 5) is 29.9. The van der Waals surface area contributed by atoms with Crippen LogP contribution in [0, 0.1) is 5.92 Å². The van der Waals surface area contributed by atoms with Gasteiger partial charge in [-0.05, 0) is 66.1 Å². The standard InChI is InChI=1S/C37H48N2O5Si/c1-27-33(20-15-28-12-8-13-30(24-28)39-21-9-14-35(39)41)44-34(37(27)45(3,4)32-18-16-31(43-2)17-19-32)25-36(42)38(22-23-40)26-29-10-6-5-7-11-29/h5-8,10-13,16-19,24,27,33-34,37,40H,9,14-15,20-23,25-26H2,1-4H3/t27-,33+,34-,37+/m1/s1. The van der Waals surface area contributed by atoms with Gasteiger partial charge in [0.1, 0.15) is 5.75 Å². The zero-order chi connectivity index (χ0) is 32.0. The molecule has 2 aliphatic heterocycles. The Bertz CT molecular complexity index is 1430. The van der Waals surface area contributed by atoms with Crippen molar-refractivity contribution < 1.29 is 24.2 Å². The number of anilines is 1. The minimum absolute atomic E-state index is 0.00955. The summed E-state index contributed by atoms with van der Waals surface area (Å²) < 4.78 is 12.3. The van der Waals surface area contributed by atoms with Crippen LogP contribution in [-0.2, 0) is 27.3 Å². The number of nitrogens with zero attached hydrogens (tertiary/aromatic N) is 2. The second kappa shape index (κ2) is 14.8. The molecule has 2 fully saturated rings. The Kier molecular flexibility index (Phi) is 10.8. The van der Waals surface area contributed by atoms with Crippen molar-refractivity contribution in [2.45, 2.75) is 76.4 Å². The molecule has 2 amide bonds. The number of carbonyl (C=O) groups is 2. The molecule has 0 saturated carbocycles. The monoisotopic (exact) mass is 628 g/mol. The maximum atomic E-state index is 13.9. The fourth-order valence-electron chi connectivity index (χ4n) is 7.47. The Labute approximate surface area is 269 Å². The topological polar surface area (TPSA) is 79.3 Å². The molecule has 0 spiro atoms. The molecule has 0 unspecified atom stereocenters. The van der Waals surface area contributed by atoms with E-state index in [1.54, 1.807) is 12.0 Å². The Hall–Kier alpha value is -3.46. The summed E-state index contributed by atoms with van der Waals surface area (Å²) in [7, 11) is -0.448. The maximum absolute atomic E-state index is 13.9. The van der Waals surface area contributed by atoms with Crippen LogP contribution in [0.2, 0.25) is 18.6 Å². The summed E-state index contributed by atoms with van der Waals surface area (Å²) in [6, 6.07) is 26.7. The summed E-state index contributed by atoms with van der Waals surface area (Å²) in [5.41, 5.74) is 3.44. The highest BCUT2D eigenvalue weighted by Gasteiger charge is 2.51. The number of benzene rings is 3. The predicted molar refractivity (Wildman–Crippen MR) is 182 cm³/mol. The van der Waals surface area contributed by atoms with Gasteiger partial charge < -0.3 is 24.4 Å². The third-order valence-electron chi connectivity index (χ3n) is 9.90. The van der Waals surface area contributed by atoms with E-state index in [1.807, 2.05) is 59.5 Å². The van der Waals surface area contributed by atoms with Gasteiger partial charge in [-0.25, -0.2) is 0 Å². The average molecular weight is 629 g/mol. The SMILES string of the molecule is COc1ccc([Si](C)(C)[C@H]2[C@H](C)[C@H](CCc3cccc(N4CCCC4=O)c3)O[C@@H]2CC(=O)N(CCO)Cc2ccccc2)cc1. The van der Waals surface area contributed by atoms with E-state index in [0.29, 0.717) is 19.5 Å². The van der Waals surface area contributed by atoms with E-state index in [1.165, 1.54) is 10.8 Å². The lowest BCUT2D eigenvalue weighted by Crippen LogP contribution is -2.51. The van der Waals surface area contributed by atoms with Gasteiger partial charge in [0.2, 0.25) is 11.8 Å². The zero-order valence-corrected chi connectivity index (χ0v) is 28.2. The molecule has 5 rings (SSSR count). The van der Waals surface area contributed by atoms with Crippen molar-refractivity contribution in [3.63, 3.8) is 0 Å². The van der Waals surface area contributed by atoms with Crippen molar-refractivity contribution in [2.24, 2.45) is 5.92 Å². The van der Waals surface area contributed by atoms with E-state index in [9.17, 15) is 14.7 Å². The Morgan fingerprint density at radius 1 is 1.02 bits per heavy atom. The number of carbonyl (C=O) groups excluding carboxylic acids is 2. The number of ether oxygens (including phenoxy) is 2. The quantitative estimate of drug-likeness (QED) is 0.251. The number of rotatable bonds is 13. The van der Waals surface area contributed by atoms with Crippen LogP contribution in [-0.4, -0.2) is 68.9 Å². The molecule has 4 atom stereocenters. The number of aliphatic hydroxyl groups excluding tert-OH is 1. The number of aryl methyl sites for hydroxylation is 1. The van der Waals surface area contributed by atoms with Gasteiger partial charge in [0, 0.05) is 31.7 Å². The molecule has 2 saturated heterocycles. The number of hydrogen-bond acceptors (Lipinski definition) is 5. The van der Waals surface area contributed by atoms with E-state index in [-0.39, 0.29) is 48.5 Å². The summed E-state index contributed by atoms with van der Waals surface area (Å²) in [6.07, 6.45) is 3.30. The van der Waals surface area contributed by atoms with E-state index in [4.69, 9.17) is 9.47 Å². The molecule has 2 heterocycles. The molecule has 3 aromatic carbocycles. The molecule has 1 N–H and O–H groups in total. The fourth-order valence-corrected chi connectivity index (χ4v) is 11.5. The molecule has 0 bridgehead atoms. The molecule has 0 aromatic heterocycles. The molecule has 8 heteroatoms. The van der Waals surface area contributed by atoms with Gasteiger partial charge in [-0.1, -0.05) is 79.8 Å². The van der Waals surface area contributed by atoms with E-state index in [2.05, 4.69) is 44.3 Å². The van der Waals surface area contributed by atoms with Crippen LogP contribution < -0.4 is 14.8 Å². The first-order chi connectivity index (χ1) is 21.7. The van der Waals surface area contributed by atoms with Gasteiger partial charge in [-0.15, -0.1) is 0 Å². The van der Waals surface area contributed by atoms with E-state index in [0.717, 1.165) is 42.8 Å². The number of hydrogen-bond donors (Lipinski definition) is 1. The first-order valence-electron chi connectivity index (χ1n) is 16.3. The second-order valence-electron chi connectivity index (χ2n) is 13.1. The van der Waals surface area contributed by atoms with E-state index < -0.39 is 8.07 Å². The van der Waals surface area contributed by atoms with Crippen molar-refractivity contribution in [3.05, 3.63) is 90.0 Å². The third kappa shape index (κ3) is 7.68. The lowest BCUT2D eigenvalue weighted by atomic mass is 9.95. The molecule has 7 nitrogen and oxygen atoms in total. The molecular formula is C37H48N2O5Si. The first kappa shape index (κ1) is 32.9. The Balaban J connectivity index is 1.36. The highest BCUT2D eigenvalue weighted by atomic mass is 28.3. The minimum Gasteiger partial charge on any atom is -0.497 e. The van der Waals surface area contributed by atoms with Crippen LogP contribution in [0.3, 0.4) is 0 Å². The minimum atomic E-state index is -2.13. The lowest BCUT2D eigenvalue weighted by Gasteiger charge is -2.36. The second-order valence-corrected chi connectivity index (χ2v) is 17.8. The van der Waals surface area contributed by atoms with Crippen LogP contribution in [0.4, 0.5) is 5.69 Å². The van der Waals surface area contributed by atoms with Crippen molar-refractivity contribution in [1.29, 1.82) is 0 Å². The summed E-state index contributed by atoms with van der Waals surface area (Å²) in [6.45, 7) is 8.54. The molecule has 45 heavy (non-hydrogen) atoms. The Morgan fingerprint density at radius 3 is 2.42 bits per heavy atom. The molecule has 0 radical (unpaired) electrons. The van der Waals surface area contributed by atoms with Gasteiger partial charge in [0.15, 0.2) is 0 Å². The van der Waals surface area contributed by atoms with Crippen molar-refractivity contribution in [2.75, 3.05) is 31.7 Å². The number of aliphatic hydroxyl groups is 1. The third-order valence-corrected chi connectivity index (χ3v) is 14.3. The molecular weight excluding hydrogens is 581 g/mol. The predicted octanol–water partition coefficient (Wildman–Crippen LogP) is 5.56. The van der Waals surface area contributed by atoms with Gasteiger partial charge in [0.05, 0.1) is 40.4 Å². The maximum Gasteiger partial charge on any atom is 0.227 e. The van der Waals surface area contributed by atoms with Crippen LogP contribution in [0.15, 0.2) is 78.9 Å². The van der Waals surface area contributed by atoms with Crippen LogP contribution in [0.5, 0.6) is 5.75 Å². The van der Waals surface area contributed by atoms with Gasteiger partial charge in [-0.3, -0.25) is 9.59 Å². The smallest absolute Gasteiger partial charge is 0.227 e. The lowest BCUT2D eigenvalue weighted by molar-refractivity contribution is -0.135. The zero-order valence-electron chi connectivity index (χ0n) is 27.2. The highest BCUT2D eigenvalue weighted by molar-refractivity contribution is 6.91. The Morgan fingerprint density at radius 2 is 1.76 bits per heavy atom. The largest absolute Gasteiger partial charge is 0.497 e. The van der Waals surface area contributed by atoms with Gasteiger partial charge in [-0.2, -0.15) is 0 Å². The fraction of sp³-hybridized carbons (Fsp3) is 0.459. The summed E-state index contributed by atoms with van der Waals surface area (Å²) in [5.74, 6) is 1.30. The van der Waals surface area contributed by atoms with Crippen LogP contribution >= 0.6 is 0 Å². The van der Waals surface area contributed by atoms with Crippen LogP contribution in [0.1, 0.15) is 43.7 Å². The molecule has 2 aliphatic rings. The van der Waals surface area contributed by atoms with Crippen molar-refractivity contribution in [3.8, 4) is 5.75 Å². The number of methoxy groups -OCH3 is 1. The van der Waals surface area contributed by atoms with Gasteiger partial charge >= 0.3 is 0 Å². The highest BCUT2D eigenvalue weighted by Crippen LogP contribution is 2.46. The molecule has 3 aromatic rings. The normalized spacial score (nSPS) is 21.7. The molecule has 0 aliphatic carbocycles. The van der Waals surface area contributed by atoms with E-state index >= 15 is 0 Å². The van der Waals surface area contributed by atoms with Crippen LogP contribution in [0.25, 0.3) is 0 Å². The summed E-state index contributed by atoms with van der Waals surface area (Å²) in [5, 5.41) is 11.1. The van der Waals surface area contributed by atoms with Gasteiger partial charge in [0.25, 0.3) is 0 Å². The average Bonchev–Trinajstić information content (AvgIpc) is 3.62. The first-order valence-corrected chi connectivity index (χ1v) is 19.4. The summed E-state index contributed by atoms with van der Waals surface area (Å²) >= 11 is 0.